The summed E-state index contributed by atoms with van der Waals surface area (Å²) in [6, 6.07) is 3.68. The Balaban J connectivity index is 2.13. The molecule has 0 aliphatic carbocycles. The van der Waals surface area contributed by atoms with Gasteiger partial charge in [0.1, 0.15) is 11.7 Å². The molecule has 0 saturated carbocycles. The highest BCUT2D eigenvalue weighted by molar-refractivity contribution is 5.95. The molecular weight excluding hydrogens is 212 g/mol. The lowest BCUT2D eigenvalue weighted by Crippen LogP contribution is -2.37. The zero-order valence-corrected chi connectivity index (χ0v) is 10.5. The van der Waals surface area contributed by atoms with Crippen LogP contribution < -0.4 is 10.6 Å². The molecule has 1 aliphatic heterocycles. The van der Waals surface area contributed by atoms with Crippen LogP contribution in [-0.4, -0.2) is 23.9 Å². The minimum absolute atomic E-state index is 0.103. The molecule has 2 heterocycles. The highest BCUT2D eigenvalue weighted by atomic mass is 15.2. The minimum Gasteiger partial charge on any atom is -0.384 e. The molecule has 0 radical (unpaired) electrons. The third kappa shape index (κ3) is 2.75. The van der Waals surface area contributed by atoms with Crippen LogP contribution in [0.15, 0.2) is 18.3 Å². The first-order valence-corrected chi connectivity index (χ1v) is 6.03. The van der Waals surface area contributed by atoms with E-state index in [1.165, 1.54) is 12.8 Å². The van der Waals surface area contributed by atoms with Crippen LogP contribution in [0.3, 0.4) is 0 Å². The summed E-state index contributed by atoms with van der Waals surface area (Å²) in [6.07, 6.45) is 4.09. The second-order valence-corrected chi connectivity index (χ2v) is 5.47. The van der Waals surface area contributed by atoms with Crippen LogP contribution in [0.2, 0.25) is 0 Å². The van der Waals surface area contributed by atoms with Gasteiger partial charge in [-0.1, -0.05) is 13.8 Å². The van der Waals surface area contributed by atoms with Gasteiger partial charge in [0, 0.05) is 24.8 Å². The number of aromatic nitrogens is 1. The predicted molar refractivity (Wildman–Crippen MR) is 70.5 cm³/mol. The van der Waals surface area contributed by atoms with Crippen molar-refractivity contribution in [2.75, 3.05) is 18.0 Å². The number of hydrogen-bond acceptors (Lipinski definition) is 3. The number of hydrogen-bond donors (Lipinski definition) is 2. The average molecular weight is 232 g/mol. The lowest BCUT2D eigenvalue weighted by Gasteiger charge is -2.37. The molecule has 1 saturated heterocycles. The maximum Gasteiger partial charge on any atom is 0.129 e. The van der Waals surface area contributed by atoms with E-state index < -0.39 is 0 Å². The highest BCUT2D eigenvalue weighted by Gasteiger charge is 2.25. The van der Waals surface area contributed by atoms with Crippen LogP contribution in [0, 0.1) is 10.8 Å². The van der Waals surface area contributed by atoms with Crippen LogP contribution in [-0.2, 0) is 0 Å². The van der Waals surface area contributed by atoms with Crippen molar-refractivity contribution in [1.29, 1.82) is 5.41 Å². The van der Waals surface area contributed by atoms with Gasteiger partial charge in [0.05, 0.1) is 0 Å². The number of amidine groups is 1. The van der Waals surface area contributed by atoms with Crippen molar-refractivity contribution >= 4 is 11.7 Å². The summed E-state index contributed by atoms with van der Waals surface area (Å²) < 4.78 is 0. The number of piperidine rings is 1. The Kier molecular flexibility index (Phi) is 3.05. The van der Waals surface area contributed by atoms with Gasteiger partial charge in [-0.25, -0.2) is 4.98 Å². The molecule has 0 amide bonds. The van der Waals surface area contributed by atoms with Gasteiger partial charge in [0.2, 0.25) is 0 Å². The normalized spacial score (nSPS) is 19.1. The third-order valence-electron chi connectivity index (χ3n) is 3.50. The van der Waals surface area contributed by atoms with Crippen LogP contribution >= 0.6 is 0 Å². The van der Waals surface area contributed by atoms with Crippen molar-refractivity contribution in [3.63, 3.8) is 0 Å². The Hall–Kier alpha value is -1.58. The summed E-state index contributed by atoms with van der Waals surface area (Å²) in [4.78, 5) is 6.64. The fourth-order valence-electron chi connectivity index (χ4n) is 2.10. The van der Waals surface area contributed by atoms with Crippen molar-refractivity contribution in [2.45, 2.75) is 26.7 Å². The Morgan fingerprint density at radius 3 is 2.65 bits per heavy atom. The van der Waals surface area contributed by atoms with Gasteiger partial charge in [-0.3, -0.25) is 5.41 Å². The number of nitrogens with two attached hydrogens (primary N) is 1. The summed E-state index contributed by atoms with van der Waals surface area (Å²) >= 11 is 0. The quantitative estimate of drug-likeness (QED) is 0.605. The van der Waals surface area contributed by atoms with Gasteiger partial charge in [-0.05, 0) is 30.4 Å². The Morgan fingerprint density at radius 2 is 2.06 bits per heavy atom. The predicted octanol–water partition coefficient (Wildman–Crippen LogP) is 1.99. The molecule has 1 aromatic rings. The number of pyridine rings is 1. The monoisotopic (exact) mass is 232 g/mol. The van der Waals surface area contributed by atoms with Gasteiger partial charge in [-0.15, -0.1) is 0 Å². The lowest BCUT2D eigenvalue weighted by atomic mass is 9.83. The first-order valence-electron chi connectivity index (χ1n) is 6.03. The molecular formula is C13H20N4. The fourth-order valence-corrected chi connectivity index (χ4v) is 2.10. The Labute approximate surface area is 102 Å². The molecule has 1 aliphatic rings. The second-order valence-electron chi connectivity index (χ2n) is 5.47. The Morgan fingerprint density at radius 1 is 1.41 bits per heavy atom. The molecule has 17 heavy (non-hydrogen) atoms. The van der Waals surface area contributed by atoms with E-state index in [1.807, 2.05) is 6.07 Å². The van der Waals surface area contributed by atoms with E-state index in [-0.39, 0.29) is 5.84 Å². The van der Waals surface area contributed by atoms with Gasteiger partial charge >= 0.3 is 0 Å². The van der Waals surface area contributed by atoms with Gasteiger partial charge in [0.25, 0.3) is 0 Å². The molecule has 0 spiro atoms. The van der Waals surface area contributed by atoms with Crippen molar-refractivity contribution < 1.29 is 0 Å². The van der Waals surface area contributed by atoms with Crippen molar-refractivity contribution in [3.8, 4) is 0 Å². The van der Waals surface area contributed by atoms with E-state index in [1.54, 1.807) is 12.3 Å². The maximum atomic E-state index is 7.44. The van der Waals surface area contributed by atoms with Crippen LogP contribution in [0.1, 0.15) is 32.3 Å². The largest absolute Gasteiger partial charge is 0.384 e. The van der Waals surface area contributed by atoms with E-state index in [4.69, 9.17) is 11.1 Å². The summed E-state index contributed by atoms with van der Waals surface area (Å²) in [6.45, 7) is 6.68. The smallest absolute Gasteiger partial charge is 0.129 e. The summed E-state index contributed by atoms with van der Waals surface area (Å²) in [5.74, 6) is 1.04. The number of nitrogen functional groups attached to an aromatic ring is 1. The zero-order chi connectivity index (χ0) is 12.5. The van der Waals surface area contributed by atoms with Crippen molar-refractivity contribution in [2.24, 2.45) is 11.1 Å². The van der Waals surface area contributed by atoms with E-state index in [9.17, 15) is 0 Å². The standard InChI is InChI=1S/C13H20N4/c1-13(2)4-7-17(8-5-13)11-9-10(12(14)15)3-6-16-11/h3,6,9H,4-5,7-8H2,1-2H3,(H3,14,15). The molecule has 0 aromatic carbocycles. The van der Waals surface area contributed by atoms with Crippen molar-refractivity contribution in [3.05, 3.63) is 23.9 Å². The summed E-state index contributed by atoms with van der Waals surface area (Å²) in [5, 5.41) is 7.44. The van der Waals surface area contributed by atoms with Crippen LogP contribution in [0.25, 0.3) is 0 Å². The molecule has 1 fully saturated rings. The Bertz CT molecular complexity index is 415. The van der Waals surface area contributed by atoms with Gasteiger partial charge in [-0.2, -0.15) is 0 Å². The van der Waals surface area contributed by atoms with E-state index in [0.29, 0.717) is 5.41 Å². The molecule has 1 aromatic heterocycles. The maximum absolute atomic E-state index is 7.44. The average Bonchev–Trinajstić information content (AvgIpc) is 2.29. The number of nitrogens with zero attached hydrogens (tertiary/aromatic N) is 2. The molecule has 0 atom stereocenters. The summed E-state index contributed by atoms with van der Waals surface area (Å²) in [5.41, 5.74) is 6.68. The number of nitrogens with one attached hydrogen (secondary N) is 1. The van der Waals surface area contributed by atoms with E-state index in [0.717, 1.165) is 24.5 Å². The first-order chi connectivity index (χ1) is 7.98. The van der Waals surface area contributed by atoms with E-state index >= 15 is 0 Å². The van der Waals surface area contributed by atoms with Crippen molar-refractivity contribution in [1.82, 2.24) is 4.98 Å². The van der Waals surface area contributed by atoms with Gasteiger partial charge < -0.3 is 10.6 Å². The minimum atomic E-state index is 0.103. The molecule has 4 heteroatoms. The molecule has 4 nitrogen and oxygen atoms in total. The highest BCUT2D eigenvalue weighted by Crippen LogP contribution is 2.31. The molecule has 0 unspecified atom stereocenters. The van der Waals surface area contributed by atoms with Crippen LogP contribution in [0.4, 0.5) is 5.82 Å². The number of anilines is 1. The van der Waals surface area contributed by atoms with Crippen LogP contribution in [0.5, 0.6) is 0 Å². The molecule has 0 bridgehead atoms. The topological polar surface area (TPSA) is 66.0 Å². The van der Waals surface area contributed by atoms with E-state index in [2.05, 4.69) is 23.7 Å². The number of rotatable bonds is 2. The molecule has 92 valence electrons. The second kappa shape index (κ2) is 4.35. The molecule has 3 N–H and O–H groups in total. The zero-order valence-electron chi connectivity index (χ0n) is 10.5. The fraction of sp³-hybridized carbons (Fsp3) is 0.538. The molecule has 2 rings (SSSR count). The lowest BCUT2D eigenvalue weighted by molar-refractivity contribution is 0.279. The SMILES string of the molecule is CC1(C)CCN(c2cc(C(=N)N)ccn2)CC1. The third-order valence-corrected chi connectivity index (χ3v) is 3.50. The summed E-state index contributed by atoms with van der Waals surface area (Å²) in [7, 11) is 0. The van der Waals surface area contributed by atoms with Gasteiger partial charge in [0.15, 0.2) is 0 Å². The first kappa shape index (κ1) is 11.9.